The van der Waals surface area contributed by atoms with E-state index in [2.05, 4.69) is 10.1 Å². The molecule has 24 heavy (non-hydrogen) atoms. The fraction of sp³-hybridized carbons (Fsp3) is 0.643. The number of hydrogen-bond acceptors (Lipinski definition) is 7. The minimum absolute atomic E-state index is 0.198. The van der Waals surface area contributed by atoms with Gasteiger partial charge in [0.05, 0.1) is 25.1 Å². The number of nitrogens with one attached hydrogen (secondary N) is 1. The fourth-order valence-electron chi connectivity index (χ4n) is 2.33. The molecule has 0 saturated heterocycles. The molecule has 0 spiro atoms. The van der Waals surface area contributed by atoms with Crippen molar-refractivity contribution in [1.29, 1.82) is 0 Å². The lowest BCUT2D eigenvalue weighted by atomic mass is 10.2. The van der Waals surface area contributed by atoms with E-state index in [1.807, 2.05) is 0 Å². The van der Waals surface area contributed by atoms with Crippen molar-refractivity contribution >= 4 is 13.3 Å². The van der Waals surface area contributed by atoms with Crippen molar-refractivity contribution in [2.24, 2.45) is 5.16 Å². The summed E-state index contributed by atoms with van der Waals surface area (Å²) >= 11 is 0. The number of aryl methyl sites for hydroxylation is 1. The minimum atomic E-state index is -3.14. The van der Waals surface area contributed by atoms with Crippen molar-refractivity contribution in [2.45, 2.75) is 39.8 Å². The highest BCUT2D eigenvalue weighted by Crippen LogP contribution is 2.48. The second kappa shape index (κ2) is 7.92. The Morgan fingerprint density at radius 1 is 1.38 bits per heavy atom. The van der Waals surface area contributed by atoms with Gasteiger partial charge in [-0.15, -0.1) is 0 Å². The summed E-state index contributed by atoms with van der Waals surface area (Å²) < 4.78 is 24.2. The summed E-state index contributed by atoms with van der Waals surface area (Å²) in [4.78, 5) is 30.8. The van der Waals surface area contributed by atoms with Crippen molar-refractivity contribution in [3.8, 4) is 0 Å². The molecule has 0 aliphatic carbocycles. The van der Waals surface area contributed by atoms with Crippen molar-refractivity contribution < 1.29 is 18.5 Å². The standard InChI is InChI=1S/C14H22N3O6P/c1-4-21-24(20,22-5-2)7-6-11-8-12(23-16-11)17-9-10(3)13(18)15-14(17)19/h9,12H,4-8H2,1-3H3,(H,15,18,19)/t12-/m0/s1. The number of H-pyrrole nitrogens is 1. The summed E-state index contributed by atoms with van der Waals surface area (Å²) in [5, 5.41) is 3.94. The van der Waals surface area contributed by atoms with E-state index in [-0.39, 0.29) is 6.16 Å². The van der Waals surface area contributed by atoms with Crippen molar-refractivity contribution in [3.05, 3.63) is 32.6 Å². The van der Waals surface area contributed by atoms with Gasteiger partial charge in [-0.3, -0.25) is 18.9 Å². The van der Waals surface area contributed by atoms with Crippen LogP contribution in [-0.4, -0.2) is 34.6 Å². The van der Waals surface area contributed by atoms with Crippen LogP contribution in [0, 0.1) is 6.92 Å². The maximum absolute atomic E-state index is 12.4. The first-order valence-corrected chi connectivity index (χ1v) is 9.53. The van der Waals surface area contributed by atoms with Crippen LogP contribution in [0.15, 0.2) is 20.9 Å². The molecule has 1 aliphatic rings. The van der Waals surface area contributed by atoms with Gasteiger partial charge in [0.15, 0.2) is 0 Å². The zero-order valence-electron chi connectivity index (χ0n) is 14.0. The van der Waals surface area contributed by atoms with E-state index in [9.17, 15) is 14.2 Å². The maximum atomic E-state index is 12.4. The Labute approximate surface area is 139 Å². The average molecular weight is 359 g/mol. The molecule has 0 fully saturated rings. The molecule has 2 heterocycles. The van der Waals surface area contributed by atoms with Crippen LogP contribution in [-0.2, 0) is 18.5 Å². The second-order valence-electron chi connectivity index (χ2n) is 5.32. The highest BCUT2D eigenvalue weighted by molar-refractivity contribution is 7.53. The Bertz CT molecular complexity index is 759. The van der Waals surface area contributed by atoms with Crippen LogP contribution in [0.3, 0.4) is 0 Å². The van der Waals surface area contributed by atoms with E-state index < -0.39 is 25.1 Å². The van der Waals surface area contributed by atoms with Crippen LogP contribution < -0.4 is 11.2 Å². The van der Waals surface area contributed by atoms with Crippen LogP contribution in [0.2, 0.25) is 0 Å². The van der Waals surface area contributed by atoms with Gasteiger partial charge >= 0.3 is 13.3 Å². The topological polar surface area (TPSA) is 112 Å². The largest absolute Gasteiger partial charge is 0.370 e. The Hall–Kier alpha value is -1.70. The number of rotatable bonds is 8. The van der Waals surface area contributed by atoms with E-state index >= 15 is 0 Å². The summed E-state index contributed by atoms with van der Waals surface area (Å²) in [6.07, 6.45) is 1.76. The van der Waals surface area contributed by atoms with Gasteiger partial charge < -0.3 is 13.9 Å². The first kappa shape index (κ1) is 18.6. The fourth-order valence-corrected chi connectivity index (χ4v) is 3.99. The molecule has 134 valence electrons. The van der Waals surface area contributed by atoms with Gasteiger partial charge in [-0.1, -0.05) is 5.16 Å². The summed E-state index contributed by atoms with van der Waals surface area (Å²) in [5.74, 6) is 0. The van der Waals surface area contributed by atoms with Gasteiger partial charge in [0.2, 0.25) is 6.23 Å². The van der Waals surface area contributed by atoms with Gasteiger partial charge in [-0.25, -0.2) is 4.79 Å². The van der Waals surface area contributed by atoms with E-state index in [4.69, 9.17) is 13.9 Å². The molecule has 1 aromatic heterocycles. The third-order valence-corrected chi connectivity index (χ3v) is 5.57. The van der Waals surface area contributed by atoms with Gasteiger partial charge in [0.25, 0.3) is 5.56 Å². The van der Waals surface area contributed by atoms with E-state index in [0.29, 0.717) is 37.3 Å². The van der Waals surface area contributed by atoms with Crippen LogP contribution in [0.25, 0.3) is 0 Å². The van der Waals surface area contributed by atoms with Crippen molar-refractivity contribution in [1.82, 2.24) is 9.55 Å². The molecule has 10 heteroatoms. The molecule has 0 aromatic carbocycles. The third kappa shape index (κ3) is 4.43. The van der Waals surface area contributed by atoms with Crippen LogP contribution in [0.5, 0.6) is 0 Å². The normalized spacial score (nSPS) is 17.6. The van der Waals surface area contributed by atoms with Gasteiger partial charge in [0, 0.05) is 24.6 Å². The second-order valence-corrected chi connectivity index (χ2v) is 7.51. The molecule has 1 aliphatic heterocycles. The molecular formula is C14H22N3O6P. The number of nitrogens with zero attached hydrogens (tertiary/aromatic N) is 2. The Morgan fingerprint density at radius 3 is 2.67 bits per heavy atom. The van der Waals surface area contributed by atoms with Crippen LogP contribution in [0.4, 0.5) is 0 Å². The number of oxime groups is 1. The lowest BCUT2D eigenvalue weighted by Crippen LogP contribution is -2.33. The summed E-state index contributed by atoms with van der Waals surface area (Å²) in [5.41, 5.74) is 0.0883. The lowest BCUT2D eigenvalue weighted by molar-refractivity contribution is 0.0284. The zero-order valence-corrected chi connectivity index (χ0v) is 14.9. The van der Waals surface area contributed by atoms with Gasteiger partial charge in [-0.05, 0) is 20.8 Å². The molecule has 0 unspecified atom stereocenters. The molecule has 0 saturated carbocycles. The van der Waals surface area contributed by atoms with Crippen molar-refractivity contribution in [3.63, 3.8) is 0 Å². The number of aromatic nitrogens is 2. The monoisotopic (exact) mass is 359 g/mol. The minimum Gasteiger partial charge on any atom is -0.370 e. The molecule has 1 N–H and O–H groups in total. The van der Waals surface area contributed by atoms with Crippen molar-refractivity contribution in [2.75, 3.05) is 19.4 Å². The van der Waals surface area contributed by atoms with Gasteiger partial charge in [-0.2, -0.15) is 0 Å². The molecule has 0 bridgehead atoms. The quantitative estimate of drug-likeness (QED) is 0.708. The molecule has 9 nitrogen and oxygen atoms in total. The van der Waals surface area contributed by atoms with E-state index in [0.717, 1.165) is 0 Å². The summed E-state index contributed by atoms with van der Waals surface area (Å²) in [6, 6.07) is 0. The van der Waals surface area contributed by atoms with Crippen LogP contribution >= 0.6 is 7.60 Å². The van der Waals surface area contributed by atoms with Gasteiger partial charge in [0.1, 0.15) is 0 Å². The highest BCUT2D eigenvalue weighted by Gasteiger charge is 2.28. The third-order valence-electron chi connectivity index (χ3n) is 3.50. The average Bonchev–Trinajstić information content (AvgIpc) is 2.98. The van der Waals surface area contributed by atoms with Crippen LogP contribution in [0.1, 0.15) is 38.5 Å². The predicted molar refractivity (Wildman–Crippen MR) is 88.6 cm³/mol. The summed E-state index contributed by atoms with van der Waals surface area (Å²) in [7, 11) is -3.14. The Morgan fingerprint density at radius 2 is 2.04 bits per heavy atom. The first-order chi connectivity index (χ1) is 11.4. The summed E-state index contributed by atoms with van der Waals surface area (Å²) in [6.45, 7) is 5.71. The molecule has 2 rings (SSSR count). The lowest BCUT2D eigenvalue weighted by Gasteiger charge is -2.16. The molecule has 0 amide bonds. The van der Waals surface area contributed by atoms with E-state index in [1.165, 1.54) is 10.8 Å². The predicted octanol–water partition coefficient (Wildman–Crippen LogP) is 1.78. The molecular weight excluding hydrogens is 337 g/mol. The van der Waals surface area contributed by atoms with E-state index in [1.54, 1.807) is 20.8 Å². The SMILES string of the molecule is CCOP(=O)(CCC1=NO[C@H](n2cc(C)c(=O)[nH]c2=O)C1)OCC. The molecule has 1 aromatic rings. The number of aromatic amines is 1. The molecule has 0 radical (unpaired) electrons. The Balaban J connectivity index is 2.00. The Kier molecular flexibility index (Phi) is 6.15. The number of hydrogen-bond donors (Lipinski definition) is 1. The first-order valence-electron chi connectivity index (χ1n) is 7.80. The smallest absolute Gasteiger partial charge is 0.331 e. The zero-order chi connectivity index (χ0) is 17.7. The maximum Gasteiger partial charge on any atom is 0.331 e. The highest BCUT2D eigenvalue weighted by atomic mass is 31.2. The molecule has 1 atom stereocenters.